The fourth-order valence-electron chi connectivity index (χ4n) is 3.47. The molecule has 0 aliphatic rings. The van der Waals surface area contributed by atoms with Crippen LogP contribution in [0.25, 0.3) is 0 Å². The third-order valence-electron chi connectivity index (χ3n) is 5.04. The highest BCUT2D eigenvalue weighted by Crippen LogP contribution is 2.24. The Morgan fingerprint density at radius 3 is 1.36 bits per heavy atom. The van der Waals surface area contributed by atoms with Crippen LogP contribution in [-0.4, -0.2) is 0 Å². The van der Waals surface area contributed by atoms with E-state index >= 15 is 0 Å². The van der Waals surface area contributed by atoms with Crippen LogP contribution >= 0.6 is 0 Å². The zero-order valence-corrected chi connectivity index (χ0v) is 16.0. The molecule has 0 heteroatoms. The first-order chi connectivity index (χ1) is 10.8. The van der Waals surface area contributed by atoms with E-state index in [9.17, 15) is 0 Å². The summed E-state index contributed by atoms with van der Waals surface area (Å²) in [6, 6.07) is 0. The molecular weight excluding hydrogens is 264 g/mol. The molecule has 0 aliphatic heterocycles. The highest BCUT2D eigenvalue weighted by Gasteiger charge is 2.08. The Balaban J connectivity index is 3.58. The molecule has 133 valence electrons. The normalized spacial score (nSPS) is 12.7. The average molecular weight is 310 g/mol. The number of unbranched alkanes of at least 4 members (excludes halogenated alkanes) is 12. The monoisotopic (exact) mass is 309 g/mol. The van der Waals surface area contributed by atoms with Gasteiger partial charge < -0.3 is 0 Å². The second-order valence-electron chi connectivity index (χ2n) is 7.33. The molecule has 0 aromatic carbocycles. The van der Waals surface area contributed by atoms with Gasteiger partial charge in [0.15, 0.2) is 0 Å². The Labute approximate surface area is 142 Å². The molecule has 0 fully saturated rings. The van der Waals surface area contributed by atoms with E-state index in [1.165, 1.54) is 109 Å². The minimum atomic E-state index is 1.04. The first-order valence-electron chi connectivity index (χ1n) is 10.6. The van der Waals surface area contributed by atoms with Gasteiger partial charge in [0.1, 0.15) is 0 Å². The number of hydrogen-bond donors (Lipinski definition) is 0. The molecule has 0 bridgehead atoms. The lowest BCUT2D eigenvalue weighted by Gasteiger charge is -2.16. The zero-order chi connectivity index (χ0) is 16.3. The first kappa shape index (κ1) is 22.0. The highest BCUT2D eigenvalue weighted by atomic mass is 14.1. The van der Waals surface area contributed by atoms with E-state index in [2.05, 4.69) is 20.8 Å². The molecule has 1 atom stereocenters. The third kappa shape index (κ3) is 16.4. The van der Waals surface area contributed by atoms with Gasteiger partial charge in [-0.25, -0.2) is 0 Å². The quantitative estimate of drug-likeness (QED) is 0.223. The van der Waals surface area contributed by atoms with Crippen molar-refractivity contribution in [3.63, 3.8) is 0 Å². The maximum Gasteiger partial charge on any atom is -0.0414 e. The lowest BCUT2D eigenvalue weighted by molar-refractivity contribution is 0.368. The summed E-state index contributed by atoms with van der Waals surface area (Å²) >= 11 is 0. The Morgan fingerprint density at radius 1 is 0.500 bits per heavy atom. The molecule has 0 aliphatic carbocycles. The van der Waals surface area contributed by atoms with Gasteiger partial charge in [-0.3, -0.25) is 0 Å². The fourth-order valence-corrected chi connectivity index (χ4v) is 3.47. The minimum Gasteiger partial charge on any atom is -0.0654 e. The van der Waals surface area contributed by atoms with Crippen molar-refractivity contribution in [1.82, 2.24) is 0 Å². The van der Waals surface area contributed by atoms with E-state index in [1.807, 2.05) is 0 Å². The van der Waals surface area contributed by atoms with Gasteiger partial charge in [-0.15, -0.1) is 0 Å². The van der Waals surface area contributed by atoms with E-state index < -0.39 is 0 Å². The summed E-state index contributed by atoms with van der Waals surface area (Å²) in [6.45, 7) is 8.56. The molecule has 0 saturated heterocycles. The Morgan fingerprint density at radius 2 is 0.864 bits per heavy atom. The first-order valence-corrected chi connectivity index (χ1v) is 10.6. The van der Waals surface area contributed by atoms with Crippen LogP contribution in [0.3, 0.4) is 0 Å². The molecular formula is C22H45. The molecule has 1 radical (unpaired) electrons. The molecule has 1 unspecified atom stereocenters. The molecule has 0 amide bonds. The van der Waals surface area contributed by atoms with Gasteiger partial charge in [-0.1, -0.05) is 136 Å². The molecule has 0 saturated carbocycles. The lowest BCUT2D eigenvalue weighted by Crippen LogP contribution is -2.01. The van der Waals surface area contributed by atoms with Crippen LogP contribution in [0.1, 0.15) is 129 Å². The van der Waals surface area contributed by atoms with Crippen LogP contribution in [-0.2, 0) is 0 Å². The molecule has 22 heavy (non-hydrogen) atoms. The van der Waals surface area contributed by atoms with Gasteiger partial charge in [0.05, 0.1) is 0 Å². The lowest BCUT2D eigenvalue weighted by atomic mass is 9.90. The summed E-state index contributed by atoms with van der Waals surface area (Å²) in [5.41, 5.74) is 0. The summed E-state index contributed by atoms with van der Waals surface area (Å²) in [4.78, 5) is 0. The van der Waals surface area contributed by atoms with Crippen molar-refractivity contribution in [2.24, 2.45) is 5.92 Å². The summed E-state index contributed by atoms with van der Waals surface area (Å²) < 4.78 is 0. The van der Waals surface area contributed by atoms with Crippen molar-refractivity contribution in [1.29, 1.82) is 0 Å². The smallest absolute Gasteiger partial charge is 0.0414 e. The summed E-state index contributed by atoms with van der Waals surface area (Å²) in [6.07, 6.45) is 25.7. The molecule has 0 N–H and O–H groups in total. The van der Waals surface area contributed by atoms with Crippen molar-refractivity contribution in [3.05, 3.63) is 6.92 Å². The summed E-state index contributed by atoms with van der Waals surface area (Å²) in [5.74, 6) is 1.04. The minimum absolute atomic E-state index is 1.04. The predicted molar refractivity (Wildman–Crippen MR) is 103 cm³/mol. The van der Waals surface area contributed by atoms with Gasteiger partial charge in [0, 0.05) is 0 Å². The van der Waals surface area contributed by atoms with Crippen molar-refractivity contribution in [3.8, 4) is 0 Å². The molecule has 0 heterocycles. The van der Waals surface area contributed by atoms with Gasteiger partial charge >= 0.3 is 0 Å². The summed E-state index contributed by atoms with van der Waals surface area (Å²) in [7, 11) is 0. The van der Waals surface area contributed by atoms with E-state index in [4.69, 9.17) is 0 Å². The van der Waals surface area contributed by atoms with Crippen LogP contribution in [0.4, 0.5) is 0 Å². The van der Waals surface area contributed by atoms with Gasteiger partial charge in [0.2, 0.25) is 0 Å². The number of hydrogen-bond acceptors (Lipinski definition) is 0. The molecule has 0 aromatic heterocycles. The topological polar surface area (TPSA) is 0 Å². The van der Waals surface area contributed by atoms with Gasteiger partial charge in [-0.2, -0.15) is 0 Å². The largest absolute Gasteiger partial charge is 0.0654 e. The molecule has 0 aromatic rings. The highest BCUT2D eigenvalue weighted by molar-refractivity contribution is 4.61. The van der Waals surface area contributed by atoms with Crippen molar-refractivity contribution in [2.45, 2.75) is 129 Å². The van der Waals surface area contributed by atoms with Gasteiger partial charge in [-0.05, 0) is 5.92 Å². The average Bonchev–Trinajstić information content (AvgIpc) is 2.53. The second-order valence-corrected chi connectivity index (χ2v) is 7.33. The van der Waals surface area contributed by atoms with E-state index in [0.717, 1.165) is 12.3 Å². The number of rotatable bonds is 18. The van der Waals surface area contributed by atoms with Crippen molar-refractivity contribution in [2.75, 3.05) is 0 Å². The SMILES string of the molecule is [CH2]CCCCCCCCCC(CCCCC)CCCCCC. The molecule has 0 nitrogen and oxygen atoms in total. The second kappa shape index (κ2) is 19.0. The van der Waals surface area contributed by atoms with Crippen LogP contribution in [0, 0.1) is 12.8 Å². The third-order valence-corrected chi connectivity index (χ3v) is 5.04. The maximum absolute atomic E-state index is 3.92. The zero-order valence-electron chi connectivity index (χ0n) is 16.0. The Bertz CT molecular complexity index is 184. The standard InChI is InChI=1S/C22H45/c1-4-7-10-12-13-14-15-18-21-22(19-16-9-6-3)20-17-11-8-5-2/h22H,1,4-21H2,2-3H3. The molecule has 0 rings (SSSR count). The fraction of sp³-hybridized carbons (Fsp3) is 0.955. The van der Waals surface area contributed by atoms with Crippen LogP contribution in [0.2, 0.25) is 0 Å². The maximum atomic E-state index is 3.92. The summed E-state index contributed by atoms with van der Waals surface area (Å²) in [5, 5.41) is 0. The van der Waals surface area contributed by atoms with E-state index in [-0.39, 0.29) is 0 Å². The van der Waals surface area contributed by atoms with Crippen LogP contribution in [0.15, 0.2) is 0 Å². The van der Waals surface area contributed by atoms with Crippen LogP contribution in [0.5, 0.6) is 0 Å². The van der Waals surface area contributed by atoms with Gasteiger partial charge in [0.25, 0.3) is 0 Å². The van der Waals surface area contributed by atoms with E-state index in [0.29, 0.717) is 0 Å². The Kier molecular flexibility index (Phi) is 19.0. The molecule has 0 spiro atoms. The predicted octanol–water partition coefficient (Wildman–Crippen LogP) is 8.50. The van der Waals surface area contributed by atoms with Crippen molar-refractivity contribution < 1.29 is 0 Å². The van der Waals surface area contributed by atoms with Crippen LogP contribution < -0.4 is 0 Å². The Hall–Kier alpha value is 0. The van der Waals surface area contributed by atoms with E-state index in [1.54, 1.807) is 0 Å². The van der Waals surface area contributed by atoms with Crippen molar-refractivity contribution >= 4 is 0 Å².